The number of anilines is 1. The third kappa shape index (κ3) is 6.23. The number of fused-ring (bicyclic) bond motifs is 1. The Morgan fingerprint density at radius 2 is 1.74 bits per heavy atom. The molecule has 0 aliphatic carbocycles. The number of hydrogen-bond donors (Lipinski definition) is 9. The lowest BCUT2D eigenvalue weighted by Gasteiger charge is -2.42. The molecule has 12 atom stereocenters. The number of rotatable bonds is 10. The van der Waals surface area contributed by atoms with Crippen LogP contribution in [-0.2, 0) is 23.1 Å². The van der Waals surface area contributed by atoms with E-state index in [4.69, 9.17) is 29.4 Å². The SMILES string of the molecule is C[C@@H](C[C@@H]1O[C@H]([C@@H](O)CO)[C@@H](O)[C@H](O)[C@@H]1O)OP(=O)(O)OC[C@H]1O[C@@H](n2cnc3c(N)ncnc32)[C@H](O)[C@@H]1O. The van der Waals surface area contributed by atoms with Crippen LogP contribution < -0.4 is 5.73 Å². The number of ether oxygens (including phenoxy) is 2. The van der Waals surface area contributed by atoms with Crippen molar-refractivity contribution in [2.45, 2.75) is 80.6 Å². The van der Waals surface area contributed by atoms with Gasteiger partial charge in [-0.1, -0.05) is 0 Å². The Hall–Kier alpha value is -1.90. The minimum atomic E-state index is -4.80. The van der Waals surface area contributed by atoms with E-state index in [1.807, 2.05) is 0 Å². The smallest absolute Gasteiger partial charge is 0.394 e. The van der Waals surface area contributed by atoms with Gasteiger partial charge in [0.25, 0.3) is 0 Å². The molecule has 10 N–H and O–H groups in total. The normalized spacial score (nSPS) is 36.6. The van der Waals surface area contributed by atoms with Crippen LogP contribution in [0.3, 0.4) is 0 Å². The summed E-state index contributed by atoms with van der Waals surface area (Å²) >= 11 is 0. The highest BCUT2D eigenvalue weighted by atomic mass is 31.2. The summed E-state index contributed by atoms with van der Waals surface area (Å²) in [5.74, 6) is 0.0936. The molecule has 0 amide bonds. The van der Waals surface area contributed by atoms with Gasteiger partial charge in [-0.15, -0.1) is 0 Å². The van der Waals surface area contributed by atoms with Gasteiger partial charge in [0.15, 0.2) is 17.7 Å². The summed E-state index contributed by atoms with van der Waals surface area (Å²) in [5, 5.41) is 70.2. The van der Waals surface area contributed by atoms with Crippen LogP contribution in [0.1, 0.15) is 19.6 Å². The van der Waals surface area contributed by atoms with Crippen molar-refractivity contribution in [1.82, 2.24) is 19.5 Å². The van der Waals surface area contributed by atoms with E-state index in [0.29, 0.717) is 0 Å². The average Bonchev–Trinajstić information content (AvgIpc) is 3.44. The van der Waals surface area contributed by atoms with E-state index in [1.54, 1.807) is 0 Å². The van der Waals surface area contributed by atoms with Gasteiger partial charge in [0.2, 0.25) is 0 Å². The molecule has 4 heterocycles. The summed E-state index contributed by atoms with van der Waals surface area (Å²) in [6.45, 7) is -0.112. The second-order valence-electron chi connectivity index (χ2n) is 9.41. The topological polar surface area (TPSA) is 285 Å². The molecule has 0 bridgehead atoms. The van der Waals surface area contributed by atoms with Crippen LogP contribution in [0.5, 0.6) is 0 Å². The van der Waals surface area contributed by atoms with Gasteiger partial charge in [-0.05, 0) is 6.92 Å². The third-order valence-corrected chi connectivity index (χ3v) is 7.69. The van der Waals surface area contributed by atoms with Gasteiger partial charge in [0.1, 0.15) is 60.7 Å². The maximum absolute atomic E-state index is 12.5. The summed E-state index contributed by atoms with van der Waals surface area (Å²) < 4.78 is 34.9. The summed E-state index contributed by atoms with van der Waals surface area (Å²) in [6.07, 6.45) is -13.7. The number of hydrogen-bond acceptors (Lipinski definition) is 16. The Kier molecular flexibility index (Phi) is 9.18. The van der Waals surface area contributed by atoms with Crippen LogP contribution in [0.15, 0.2) is 12.7 Å². The molecule has 19 heteroatoms. The zero-order chi connectivity index (χ0) is 28.6. The van der Waals surface area contributed by atoms with Gasteiger partial charge >= 0.3 is 7.82 Å². The van der Waals surface area contributed by atoms with Gasteiger partial charge < -0.3 is 55.8 Å². The van der Waals surface area contributed by atoms with Crippen molar-refractivity contribution in [1.29, 1.82) is 0 Å². The molecule has 2 aromatic rings. The Balaban J connectivity index is 1.34. The Morgan fingerprint density at radius 1 is 1.05 bits per heavy atom. The van der Waals surface area contributed by atoms with Gasteiger partial charge in [0.05, 0.1) is 31.7 Å². The van der Waals surface area contributed by atoms with Gasteiger partial charge in [-0.3, -0.25) is 13.6 Å². The molecule has 39 heavy (non-hydrogen) atoms. The lowest BCUT2D eigenvalue weighted by atomic mass is 9.90. The lowest BCUT2D eigenvalue weighted by Crippen LogP contribution is -2.61. The summed E-state index contributed by atoms with van der Waals surface area (Å²) in [4.78, 5) is 22.1. The number of nitrogens with two attached hydrogens (primary N) is 1. The largest absolute Gasteiger partial charge is 0.472 e. The molecule has 4 rings (SSSR count). The number of aliphatic hydroxyl groups excluding tert-OH is 7. The molecular formula is C20H32N5O13P. The molecule has 0 radical (unpaired) electrons. The van der Waals surface area contributed by atoms with Gasteiger partial charge in [0, 0.05) is 6.42 Å². The molecule has 2 fully saturated rings. The minimum Gasteiger partial charge on any atom is -0.394 e. The highest BCUT2D eigenvalue weighted by Gasteiger charge is 2.48. The van der Waals surface area contributed by atoms with Crippen molar-refractivity contribution in [2.75, 3.05) is 18.9 Å². The first kappa shape index (κ1) is 30.1. The van der Waals surface area contributed by atoms with Crippen molar-refractivity contribution in [3.63, 3.8) is 0 Å². The van der Waals surface area contributed by atoms with Crippen molar-refractivity contribution in [3.8, 4) is 0 Å². The number of imidazole rings is 1. The average molecular weight is 581 g/mol. The number of phosphoric acid groups is 1. The fourth-order valence-corrected chi connectivity index (χ4v) is 5.48. The summed E-state index contributed by atoms with van der Waals surface area (Å²) in [6, 6.07) is 0. The highest BCUT2D eigenvalue weighted by Crippen LogP contribution is 2.46. The van der Waals surface area contributed by atoms with E-state index in [-0.39, 0.29) is 23.4 Å². The van der Waals surface area contributed by atoms with E-state index in [9.17, 15) is 40.1 Å². The van der Waals surface area contributed by atoms with Gasteiger partial charge in [-0.25, -0.2) is 19.5 Å². The zero-order valence-corrected chi connectivity index (χ0v) is 21.5. The van der Waals surface area contributed by atoms with E-state index in [0.717, 1.165) is 0 Å². The van der Waals surface area contributed by atoms with E-state index >= 15 is 0 Å². The molecule has 2 aromatic heterocycles. The van der Waals surface area contributed by atoms with Crippen LogP contribution in [0.2, 0.25) is 0 Å². The first-order valence-corrected chi connectivity index (χ1v) is 13.4. The maximum Gasteiger partial charge on any atom is 0.472 e. The minimum absolute atomic E-state index is 0.0936. The van der Waals surface area contributed by atoms with E-state index in [1.165, 1.54) is 24.1 Å². The maximum atomic E-state index is 12.5. The van der Waals surface area contributed by atoms with Crippen molar-refractivity contribution < 1.29 is 63.7 Å². The Labute approximate surface area is 220 Å². The van der Waals surface area contributed by atoms with Crippen molar-refractivity contribution in [2.24, 2.45) is 0 Å². The molecule has 2 saturated heterocycles. The molecule has 18 nitrogen and oxygen atoms in total. The number of aromatic nitrogens is 4. The summed E-state index contributed by atoms with van der Waals surface area (Å²) in [7, 11) is -4.80. The molecule has 2 aliphatic rings. The quantitative estimate of drug-likeness (QED) is 0.121. The Bertz CT molecular complexity index is 1170. The predicted octanol–water partition coefficient (Wildman–Crippen LogP) is -3.86. The molecule has 0 aromatic carbocycles. The van der Waals surface area contributed by atoms with Crippen molar-refractivity contribution in [3.05, 3.63) is 12.7 Å². The molecule has 0 saturated carbocycles. The fraction of sp³-hybridized carbons (Fsp3) is 0.750. The first-order valence-electron chi connectivity index (χ1n) is 11.9. The highest BCUT2D eigenvalue weighted by molar-refractivity contribution is 7.47. The van der Waals surface area contributed by atoms with Crippen LogP contribution >= 0.6 is 7.82 Å². The number of nitrogen functional groups attached to an aromatic ring is 1. The third-order valence-electron chi connectivity index (χ3n) is 6.59. The fourth-order valence-electron chi connectivity index (χ4n) is 4.54. The predicted molar refractivity (Wildman–Crippen MR) is 126 cm³/mol. The number of nitrogens with zero attached hydrogens (tertiary/aromatic N) is 4. The number of aliphatic hydroxyl groups is 7. The number of phosphoric ester groups is 1. The first-order chi connectivity index (χ1) is 18.3. The van der Waals surface area contributed by atoms with Crippen LogP contribution in [0.4, 0.5) is 5.82 Å². The monoisotopic (exact) mass is 581 g/mol. The van der Waals surface area contributed by atoms with Crippen LogP contribution in [-0.4, -0.2) is 134 Å². The molecule has 0 spiro atoms. The molecule has 2 aliphatic heterocycles. The lowest BCUT2D eigenvalue weighted by molar-refractivity contribution is -0.249. The van der Waals surface area contributed by atoms with Crippen LogP contribution in [0, 0.1) is 0 Å². The standard InChI is InChI=1S/C20H32N5O13P/c1-7(2-9-12(28)14(30)15(31)17(36-9)8(27)3-26)38-39(33,34)35-4-10-13(29)16(32)20(37-10)25-6-24-11-18(21)22-5-23-19(11)25/h5-10,12-17,20,26-32H,2-4H2,1H3,(H,33,34)(H2,21,22,23)/t7-,8-,9-,10+,12+,13+,14+,15-,16+,17+,20+/m0/s1. The zero-order valence-electron chi connectivity index (χ0n) is 20.6. The second kappa shape index (κ2) is 11.9. The molecular weight excluding hydrogens is 549 g/mol. The van der Waals surface area contributed by atoms with Crippen molar-refractivity contribution >= 4 is 24.8 Å². The van der Waals surface area contributed by atoms with E-state index in [2.05, 4.69) is 15.0 Å². The molecule has 220 valence electrons. The summed E-state index contributed by atoms with van der Waals surface area (Å²) in [5.41, 5.74) is 6.23. The second-order valence-corrected chi connectivity index (χ2v) is 10.8. The molecule has 1 unspecified atom stereocenters. The van der Waals surface area contributed by atoms with Crippen LogP contribution in [0.25, 0.3) is 11.2 Å². The van der Waals surface area contributed by atoms with Gasteiger partial charge in [-0.2, -0.15) is 0 Å². The Morgan fingerprint density at radius 3 is 2.44 bits per heavy atom. The van der Waals surface area contributed by atoms with E-state index < -0.39 is 88.3 Å².